The maximum atomic E-state index is 14.0. The van der Waals surface area contributed by atoms with Gasteiger partial charge in [-0.2, -0.15) is 0 Å². The Morgan fingerprint density at radius 2 is 0.958 bits per heavy atom. The second-order valence-electron chi connectivity index (χ2n) is 21.9. The van der Waals surface area contributed by atoms with E-state index in [0.717, 1.165) is 109 Å². The van der Waals surface area contributed by atoms with Gasteiger partial charge in [-0.1, -0.05) is 226 Å². The molecule has 1 unspecified atom stereocenters. The van der Waals surface area contributed by atoms with Gasteiger partial charge in [0.2, 0.25) is 5.91 Å². The van der Waals surface area contributed by atoms with E-state index in [1.807, 2.05) is 6.08 Å². The SMILES string of the molecule is CCCCCCCCCCC(CCCCC=CC(=O)OCCC(CCCCC)CCCCC)N(CCCCCCCC(=O)OCc1cc(CCCCCC)cc(CCCCCC)c1)C(=O)CCCN(C)C. The summed E-state index contributed by atoms with van der Waals surface area (Å²) in [5, 5.41) is 0. The number of hydrogen-bond donors (Lipinski definition) is 0. The number of amides is 1. The molecule has 0 spiro atoms. The van der Waals surface area contributed by atoms with E-state index in [9.17, 15) is 14.4 Å². The van der Waals surface area contributed by atoms with Crippen molar-refractivity contribution in [1.82, 2.24) is 9.80 Å². The molecule has 0 radical (unpaired) electrons. The maximum absolute atomic E-state index is 14.0. The van der Waals surface area contributed by atoms with Crippen molar-refractivity contribution < 1.29 is 23.9 Å². The Bertz CT molecular complexity index is 1390. The third-order valence-electron chi connectivity index (χ3n) is 14.7. The van der Waals surface area contributed by atoms with Crippen LogP contribution in [0.15, 0.2) is 30.4 Å². The van der Waals surface area contributed by atoms with Crippen LogP contribution in [0.25, 0.3) is 0 Å². The normalized spacial score (nSPS) is 12.1. The molecule has 71 heavy (non-hydrogen) atoms. The minimum Gasteiger partial charge on any atom is -0.463 e. The molecule has 1 amide bonds. The third-order valence-corrected chi connectivity index (χ3v) is 14.7. The molecule has 1 aromatic rings. The number of aryl methyl sites for hydroxylation is 2. The van der Waals surface area contributed by atoms with Crippen molar-refractivity contribution in [3.8, 4) is 0 Å². The first-order chi connectivity index (χ1) is 34.7. The van der Waals surface area contributed by atoms with Gasteiger partial charge in [-0.05, 0) is 120 Å². The van der Waals surface area contributed by atoms with Crippen LogP contribution < -0.4 is 0 Å². The quantitative estimate of drug-likeness (QED) is 0.0368. The van der Waals surface area contributed by atoms with Gasteiger partial charge in [0.05, 0.1) is 6.61 Å². The van der Waals surface area contributed by atoms with Crippen LogP contribution in [-0.4, -0.2) is 67.5 Å². The molecular weight excluding hydrogens is 877 g/mol. The molecule has 0 bridgehead atoms. The Hall–Kier alpha value is -2.67. The highest BCUT2D eigenvalue weighted by molar-refractivity contribution is 5.81. The van der Waals surface area contributed by atoms with Gasteiger partial charge in [-0.3, -0.25) is 9.59 Å². The van der Waals surface area contributed by atoms with E-state index in [1.165, 1.54) is 165 Å². The fourth-order valence-electron chi connectivity index (χ4n) is 10.2. The highest BCUT2D eigenvalue weighted by Crippen LogP contribution is 2.24. The molecule has 0 N–H and O–H groups in total. The largest absolute Gasteiger partial charge is 0.463 e. The van der Waals surface area contributed by atoms with Gasteiger partial charge in [-0.25, -0.2) is 4.79 Å². The van der Waals surface area contributed by atoms with Crippen molar-refractivity contribution in [3.05, 3.63) is 47.0 Å². The predicted molar refractivity (Wildman–Crippen MR) is 305 cm³/mol. The number of esters is 2. The summed E-state index contributed by atoms with van der Waals surface area (Å²) in [6.45, 7) is 13.9. The summed E-state index contributed by atoms with van der Waals surface area (Å²) >= 11 is 0. The zero-order chi connectivity index (χ0) is 51.8. The summed E-state index contributed by atoms with van der Waals surface area (Å²) in [7, 11) is 4.17. The van der Waals surface area contributed by atoms with E-state index in [4.69, 9.17) is 9.47 Å². The summed E-state index contributed by atoms with van der Waals surface area (Å²) in [4.78, 5) is 44.1. The Morgan fingerprint density at radius 1 is 0.479 bits per heavy atom. The van der Waals surface area contributed by atoms with Gasteiger partial charge in [0.25, 0.3) is 0 Å². The van der Waals surface area contributed by atoms with Crippen LogP contribution in [0.4, 0.5) is 0 Å². The lowest BCUT2D eigenvalue weighted by Crippen LogP contribution is -2.41. The zero-order valence-corrected chi connectivity index (χ0v) is 48.1. The summed E-state index contributed by atoms with van der Waals surface area (Å²) in [6, 6.07) is 7.19. The number of rotatable bonds is 51. The first kappa shape index (κ1) is 66.3. The second-order valence-corrected chi connectivity index (χ2v) is 21.9. The molecule has 0 fully saturated rings. The number of unbranched alkanes of at least 4 members (excludes halogenated alkanes) is 23. The van der Waals surface area contributed by atoms with Crippen molar-refractivity contribution in [3.63, 3.8) is 0 Å². The molecule has 0 aliphatic heterocycles. The number of benzene rings is 1. The molecule has 0 aromatic heterocycles. The smallest absolute Gasteiger partial charge is 0.330 e. The van der Waals surface area contributed by atoms with E-state index in [1.54, 1.807) is 6.08 Å². The summed E-state index contributed by atoms with van der Waals surface area (Å²) in [5.74, 6) is 0.671. The van der Waals surface area contributed by atoms with Gasteiger partial charge in [-0.15, -0.1) is 0 Å². The van der Waals surface area contributed by atoms with E-state index in [0.29, 0.717) is 37.9 Å². The fourth-order valence-corrected chi connectivity index (χ4v) is 10.2. The van der Waals surface area contributed by atoms with E-state index in [2.05, 4.69) is 76.7 Å². The average molecular weight is 994 g/mol. The number of nitrogens with zero attached hydrogens (tertiary/aromatic N) is 2. The standard InChI is InChI=1S/C64H116N2O5/c1-8-13-18-21-22-23-25-34-44-61(45-35-27-28-37-47-63(68)70-52-49-57(40-30-16-11-4)41-31-17-12-5)66(62(67)46-39-50-65(6)7)51-38-29-24-26-36-48-64(69)71-56-60-54-58(42-32-19-14-9-2)53-59(55-60)43-33-20-15-10-3/h37,47,53-55,57,61H,8-36,38-46,48-52,56H2,1-7H3. The molecule has 0 saturated carbocycles. The monoisotopic (exact) mass is 993 g/mol. The van der Waals surface area contributed by atoms with Crippen LogP contribution in [0, 0.1) is 5.92 Å². The number of allylic oxidation sites excluding steroid dienone is 1. The lowest BCUT2D eigenvalue weighted by molar-refractivity contribution is -0.145. The van der Waals surface area contributed by atoms with Gasteiger partial charge in [0.15, 0.2) is 0 Å². The van der Waals surface area contributed by atoms with Crippen molar-refractivity contribution in [2.45, 2.75) is 304 Å². The second kappa shape index (κ2) is 48.3. The topological polar surface area (TPSA) is 76.1 Å². The first-order valence-corrected chi connectivity index (χ1v) is 30.7. The highest BCUT2D eigenvalue weighted by atomic mass is 16.5. The average Bonchev–Trinajstić information content (AvgIpc) is 3.35. The molecular formula is C64H116N2O5. The van der Waals surface area contributed by atoms with Crippen LogP contribution >= 0.6 is 0 Å². The Morgan fingerprint density at radius 3 is 1.54 bits per heavy atom. The molecule has 0 aliphatic rings. The van der Waals surface area contributed by atoms with E-state index in [-0.39, 0.29) is 18.0 Å². The Labute approximate surface area is 440 Å². The molecule has 412 valence electrons. The molecule has 1 aromatic carbocycles. The van der Waals surface area contributed by atoms with E-state index < -0.39 is 0 Å². The van der Waals surface area contributed by atoms with Crippen LogP contribution in [0.3, 0.4) is 0 Å². The Kier molecular flexibility index (Phi) is 45.1. The minimum absolute atomic E-state index is 0.0914. The van der Waals surface area contributed by atoms with E-state index >= 15 is 0 Å². The molecule has 0 saturated heterocycles. The van der Waals surface area contributed by atoms with Gasteiger partial charge in [0, 0.05) is 31.5 Å². The number of carbonyl (C=O) groups excluding carboxylic acids is 3. The van der Waals surface area contributed by atoms with Crippen LogP contribution in [-0.2, 0) is 43.3 Å². The highest BCUT2D eigenvalue weighted by Gasteiger charge is 2.23. The lowest BCUT2D eigenvalue weighted by Gasteiger charge is -2.33. The summed E-state index contributed by atoms with van der Waals surface area (Å²) in [6.07, 6.45) is 49.2. The van der Waals surface area contributed by atoms with Gasteiger partial charge in [0.1, 0.15) is 6.61 Å². The van der Waals surface area contributed by atoms with Crippen LogP contribution in [0.2, 0.25) is 0 Å². The van der Waals surface area contributed by atoms with Gasteiger partial charge < -0.3 is 19.3 Å². The van der Waals surface area contributed by atoms with Crippen molar-refractivity contribution in [2.24, 2.45) is 5.92 Å². The number of carbonyl (C=O) groups is 3. The molecule has 1 rings (SSSR count). The summed E-state index contributed by atoms with van der Waals surface area (Å²) < 4.78 is 11.5. The van der Waals surface area contributed by atoms with Gasteiger partial charge >= 0.3 is 11.9 Å². The van der Waals surface area contributed by atoms with Crippen molar-refractivity contribution in [1.29, 1.82) is 0 Å². The zero-order valence-electron chi connectivity index (χ0n) is 48.1. The third kappa shape index (κ3) is 39.5. The number of hydrogen-bond acceptors (Lipinski definition) is 6. The molecule has 7 nitrogen and oxygen atoms in total. The lowest BCUT2D eigenvalue weighted by atomic mass is 9.92. The Balaban J connectivity index is 2.77. The minimum atomic E-state index is -0.209. The van der Waals surface area contributed by atoms with Crippen molar-refractivity contribution >= 4 is 17.8 Å². The molecule has 0 heterocycles. The first-order valence-electron chi connectivity index (χ1n) is 30.7. The van der Waals surface area contributed by atoms with Crippen molar-refractivity contribution in [2.75, 3.05) is 33.8 Å². The molecule has 0 aliphatic carbocycles. The molecule has 7 heteroatoms. The predicted octanol–water partition coefficient (Wildman–Crippen LogP) is 18.2. The number of ether oxygens (including phenoxy) is 2. The fraction of sp³-hybridized carbons (Fsp3) is 0.828. The molecule has 1 atom stereocenters. The van der Waals surface area contributed by atoms with Crippen LogP contribution in [0.5, 0.6) is 0 Å². The van der Waals surface area contributed by atoms with Crippen LogP contribution in [0.1, 0.15) is 295 Å². The maximum Gasteiger partial charge on any atom is 0.330 e. The summed E-state index contributed by atoms with van der Waals surface area (Å²) in [5.41, 5.74) is 3.92.